The van der Waals surface area contributed by atoms with Crippen LogP contribution in [0.15, 0.2) is 43.0 Å². The standard InChI is InChI=1S/C24H27N3OS/c1-6-17-12-20-21(13-27(23(28)7-2)14-22(20)29-17)18-10-8-9-11-19(18)24-15(3)25-26(5)16(24)4/h7-12,21H,2,6,13-14H2,1,3-5H3/t21-/m0/s1. The van der Waals surface area contributed by atoms with Gasteiger partial charge in [0, 0.05) is 40.5 Å². The molecule has 0 bridgehead atoms. The molecule has 1 amide bonds. The Morgan fingerprint density at radius 3 is 2.72 bits per heavy atom. The maximum absolute atomic E-state index is 12.5. The molecule has 1 aromatic carbocycles. The van der Waals surface area contributed by atoms with E-state index in [0.717, 1.165) is 17.8 Å². The van der Waals surface area contributed by atoms with Crippen molar-refractivity contribution in [1.29, 1.82) is 0 Å². The van der Waals surface area contributed by atoms with Crippen LogP contribution in [0.5, 0.6) is 0 Å². The van der Waals surface area contributed by atoms with Crippen molar-refractivity contribution in [3.05, 3.63) is 75.3 Å². The zero-order valence-electron chi connectivity index (χ0n) is 17.5. The second-order valence-corrected chi connectivity index (χ2v) is 8.90. The second kappa shape index (κ2) is 7.64. The van der Waals surface area contributed by atoms with Gasteiger partial charge in [-0.15, -0.1) is 11.3 Å². The van der Waals surface area contributed by atoms with Crippen LogP contribution >= 0.6 is 11.3 Å². The summed E-state index contributed by atoms with van der Waals surface area (Å²) in [7, 11) is 1.99. The number of carbonyl (C=O) groups excluding carboxylic acids is 1. The third-order valence-corrected chi connectivity index (χ3v) is 7.23. The molecule has 0 unspecified atom stereocenters. The summed E-state index contributed by atoms with van der Waals surface area (Å²) in [6, 6.07) is 10.9. The lowest BCUT2D eigenvalue weighted by molar-refractivity contribution is -0.127. The molecule has 0 N–H and O–H groups in total. The van der Waals surface area contributed by atoms with Gasteiger partial charge in [-0.25, -0.2) is 0 Å². The highest BCUT2D eigenvalue weighted by Gasteiger charge is 2.32. The number of hydrogen-bond donors (Lipinski definition) is 0. The maximum atomic E-state index is 12.5. The van der Waals surface area contributed by atoms with E-state index in [1.165, 1.54) is 38.1 Å². The van der Waals surface area contributed by atoms with Crippen molar-refractivity contribution in [3.8, 4) is 11.1 Å². The monoisotopic (exact) mass is 405 g/mol. The van der Waals surface area contributed by atoms with Gasteiger partial charge in [-0.1, -0.05) is 37.8 Å². The van der Waals surface area contributed by atoms with E-state index in [2.05, 4.69) is 62.8 Å². The third kappa shape index (κ3) is 3.33. The number of fused-ring (bicyclic) bond motifs is 1. The molecule has 4 nitrogen and oxygen atoms in total. The topological polar surface area (TPSA) is 38.1 Å². The predicted molar refractivity (Wildman–Crippen MR) is 119 cm³/mol. The summed E-state index contributed by atoms with van der Waals surface area (Å²) in [5, 5.41) is 4.63. The molecule has 0 saturated carbocycles. The van der Waals surface area contributed by atoms with Crippen LogP contribution in [0.4, 0.5) is 0 Å². The van der Waals surface area contributed by atoms with Gasteiger partial charge in [0.15, 0.2) is 0 Å². The van der Waals surface area contributed by atoms with Gasteiger partial charge >= 0.3 is 0 Å². The minimum Gasteiger partial charge on any atom is -0.333 e. The smallest absolute Gasteiger partial charge is 0.246 e. The van der Waals surface area contributed by atoms with Crippen molar-refractivity contribution in [2.45, 2.75) is 39.7 Å². The lowest BCUT2D eigenvalue weighted by atomic mass is 9.83. The summed E-state index contributed by atoms with van der Waals surface area (Å²) < 4.78 is 1.95. The molecule has 0 fully saturated rings. The molecule has 3 aromatic rings. The maximum Gasteiger partial charge on any atom is 0.246 e. The number of rotatable bonds is 4. The van der Waals surface area contributed by atoms with Crippen LogP contribution in [0.2, 0.25) is 0 Å². The highest BCUT2D eigenvalue weighted by atomic mass is 32.1. The first-order valence-corrected chi connectivity index (χ1v) is 10.9. The molecule has 2 aromatic heterocycles. The molecule has 0 saturated heterocycles. The molecule has 1 atom stereocenters. The summed E-state index contributed by atoms with van der Waals surface area (Å²) >= 11 is 1.83. The Labute approximate surface area is 176 Å². The summed E-state index contributed by atoms with van der Waals surface area (Å²) in [6.07, 6.45) is 2.44. The van der Waals surface area contributed by atoms with Gasteiger partial charge < -0.3 is 4.90 Å². The van der Waals surface area contributed by atoms with E-state index in [1.54, 1.807) is 0 Å². The fraction of sp³-hybridized carbons (Fsp3) is 0.333. The van der Waals surface area contributed by atoms with E-state index in [-0.39, 0.29) is 11.8 Å². The van der Waals surface area contributed by atoms with Crippen LogP contribution in [-0.4, -0.2) is 27.1 Å². The number of carbonyl (C=O) groups is 1. The zero-order valence-corrected chi connectivity index (χ0v) is 18.3. The number of aryl methyl sites for hydroxylation is 3. The summed E-state index contributed by atoms with van der Waals surface area (Å²) in [5.41, 5.74) is 7.23. The molecule has 0 aliphatic carbocycles. The number of aromatic nitrogens is 2. The highest BCUT2D eigenvalue weighted by Crippen LogP contribution is 2.42. The average molecular weight is 406 g/mol. The van der Waals surface area contributed by atoms with Gasteiger partial charge in [0.1, 0.15) is 0 Å². The van der Waals surface area contributed by atoms with E-state index in [1.807, 2.05) is 28.0 Å². The van der Waals surface area contributed by atoms with Gasteiger partial charge in [0.05, 0.1) is 12.2 Å². The first-order valence-electron chi connectivity index (χ1n) is 10.1. The second-order valence-electron chi connectivity index (χ2n) is 7.68. The molecule has 5 heteroatoms. The Hall–Kier alpha value is -2.66. The quantitative estimate of drug-likeness (QED) is 0.574. The molecular formula is C24H27N3OS. The minimum atomic E-state index is -0.00156. The molecular weight excluding hydrogens is 378 g/mol. The Balaban J connectivity index is 1.89. The summed E-state index contributed by atoms with van der Waals surface area (Å²) in [5.74, 6) is 0.146. The zero-order chi connectivity index (χ0) is 20.7. The van der Waals surface area contributed by atoms with Crippen molar-refractivity contribution in [1.82, 2.24) is 14.7 Å². The Kier molecular flexibility index (Phi) is 5.17. The van der Waals surface area contributed by atoms with E-state index < -0.39 is 0 Å². The number of thiophene rings is 1. The van der Waals surface area contributed by atoms with Crippen molar-refractivity contribution in [2.75, 3.05) is 6.54 Å². The largest absolute Gasteiger partial charge is 0.333 e. The van der Waals surface area contributed by atoms with E-state index in [4.69, 9.17) is 0 Å². The van der Waals surface area contributed by atoms with Crippen LogP contribution in [0, 0.1) is 13.8 Å². The number of amides is 1. The van der Waals surface area contributed by atoms with Crippen molar-refractivity contribution >= 4 is 17.2 Å². The number of benzene rings is 1. The molecule has 0 radical (unpaired) electrons. The summed E-state index contributed by atoms with van der Waals surface area (Å²) in [6.45, 7) is 11.4. The molecule has 150 valence electrons. The van der Waals surface area contributed by atoms with Crippen molar-refractivity contribution in [2.24, 2.45) is 7.05 Å². The van der Waals surface area contributed by atoms with Crippen LogP contribution in [-0.2, 0) is 24.8 Å². The van der Waals surface area contributed by atoms with Gasteiger partial charge in [-0.3, -0.25) is 9.48 Å². The van der Waals surface area contributed by atoms with Gasteiger partial charge in [-0.2, -0.15) is 5.10 Å². The van der Waals surface area contributed by atoms with Gasteiger partial charge in [0.2, 0.25) is 5.91 Å². The molecule has 3 heterocycles. The van der Waals surface area contributed by atoms with Crippen LogP contribution in [0.3, 0.4) is 0 Å². The number of nitrogens with zero attached hydrogens (tertiary/aromatic N) is 3. The lowest BCUT2D eigenvalue weighted by Crippen LogP contribution is -2.37. The van der Waals surface area contributed by atoms with Crippen LogP contribution < -0.4 is 0 Å². The van der Waals surface area contributed by atoms with E-state index in [0.29, 0.717) is 13.1 Å². The van der Waals surface area contributed by atoms with Crippen LogP contribution in [0.25, 0.3) is 11.1 Å². The average Bonchev–Trinajstić information content (AvgIpc) is 3.26. The van der Waals surface area contributed by atoms with Crippen LogP contribution in [0.1, 0.15) is 45.1 Å². The normalized spacial score (nSPS) is 16.0. The predicted octanol–water partition coefficient (Wildman–Crippen LogP) is 4.99. The Morgan fingerprint density at radius 2 is 2.07 bits per heavy atom. The Bertz CT molecular complexity index is 1090. The minimum absolute atomic E-state index is 0.00156. The summed E-state index contributed by atoms with van der Waals surface area (Å²) in [4.78, 5) is 17.1. The molecule has 1 aliphatic heterocycles. The van der Waals surface area contributed by atoms with Gasteiger partial charge in [-0.05, 0) is 49.1 Å². The van der Waals surface area contributed by atoms with Crippen molar-refractivity contribution in [3.63, 3.8) is 0 Å². The third-order valence-electron chi connectivity index (χ3n) is 5.95. The fourth-order valence-corrected chi connectivity index (χ4v) is 5.59. The molecule has 4 rings (SSSR count). The molecule has 29 heavy (non-hydrogen) atoms. The van der Waals surface area contributed by atoms with E-state index >= 15 is 0 Å². The SMILES string of the molecule is C=CC(=O)N1Cc2sc(CC)cc2[C@H](c2ccccc2-c2c(C)nn(C)c2C)C1. The Morgan fingerprint density at radius 1 is 1.31 bits per heavy atom. The van der Waals surface area contributed by atoms with E-state index in [9.17, 15) is 4.79 Å². The lowest BCUT2D eigenvalue weighted by Gasteiger charge is -2.33. The number of hydrogen-bond acceptors (Lipinski definition) is 3. The first kappa shape index (κ1) is 19.6. The highest BCUT2D eigenvalue weighted by molar-refractivity contribution is 7.12. The first-order chi connectivity index (χ1) is 13.9. The van der Waals surface area contributed by atoms with Crippen molar-refractivity contribution < 1.29 is 4.79 Å². The van der Waals surface area contributed by atoms with Gasteiger partial charge in [0.25, 0.3) is 0 Å². The molecule has 0 spiro atoms. The fourth-order valence-electron chi connectivity index (χ4n) is 4.40. The molecule has 1 aliphatic rings.